The predicted octanol–water partition coefficient (Wildman–Crippen LogP) is 5.58. The largest absolute Gasteiger partial charge is 0.494 e. The summed E-state index contributed by atoms with van der Waals surface area (Å²) in [6.45, 7) is 2.54. The second kappa shape index (κ2) is 10.3. The minimum Gasteiger partial charge on any atom is -0.494 e. The summed E-state index contributed by atoms with van der Waals surface area (Å²) in [5.41, 5.74) is 1.50. The van der Waals surface area contributed by atoms with Crippen molar-refractivity contribution in [1.29, 1.82) is 0 Å². The highest BCUT2D eigenvalue weighted by molar-refractivity contribution is 8.00. The smallest absolute Gasteiger partial charge is 0.227 e. The molecule has 1 amide bonds. The molecule has 0 aliphatic heterocycles. The number of anilines is 1. The van der Waals surface area contributed by atoms with E-state index in [1.807, 2.05) is 43.3 Å². The quantitative estimate of drug-likeness (QED) is 0.467. The molecule has 0 unspecified atom stereocenters. The Labute approximate surface area is 171 Å². The number of thioether (sulfide) groups is 1. The molecule has 0 heterocycles. The Morgan fingerprint density at radius 2 is 1.68 bits per heavy atom. The molecule has 28 heavy (non-hydrogen) atoms. The second-order valence-corrected chi connectivity index (χ2v) is 8.07. The molecule has 1 saturated carbocycles. The van der Waals surface area contributed by atoms with Crippen LogP contribution in [-0.2, 0) is 4.79 Å². The molecule has 0 saturated heterocycles. The standard InChI is InChI=1S/C23H27NO3S/c1-2-27-20-12-8-17(9-13-20)22(25)16-28-21-14-10-19(11-15-21)24-23(26)18-6-4-3-5-7-18/h8-15,18H,2-7,16H2,1H3,(H,24,26). The van der Waals surface area contributed by atoms with E-state index in [0.29, 0.717) is 17.9 Å². The van der Waals surface area contributed by atoms with Gasteiger partial charge in [-0.1, -0.05) is 19.3 Å². The first kappa shape index (κ1) is 20.5. The predicted molar refractivity (Wildman–Crippen MR) is 114 cm³/mol. The Hall–Kier alpha value is -2.27. The summed E-state index contributed by atoms with van der Waals surface area (Å²) >= 11 is 1.50. The van der Waals surface area contributed by atoms with Crippen molar-refractivity contribution >= 4 is 29.1 Å². The van der Waals surface area contributed by atoms with Crippen molar-refractivity contribution in [2.75, 3.05) is 17.7 Å². The normalized spacial score (nSPS) is 14.5. The van der Waals surface area contributed by atoms with E-state index in [9.17, 15) is 9.59 Å². The molecule has 0 aromatic heterocycles. The van der Waals surface area contributed by atoms with Crippen molar-refractivity contribution in [3.8, 4) is 5.75 Å². The lowest BCUT2D eigenvalue weighted by Crippen LogP contribution is -2.24. The number of hydrogen-bond acceptors (Lipinski definition) is 4. The minimum atomic E-state index is 0.0859. The number of carbonyl (C=O) groups excluding carboxylic acids is 2. The summed E-state index contributed by atoms with van der Waals surface area (Å²) in [5, 5.41) is 3.02. The second-order valence-electron chi connectivity index (χ2n) is 7.02. The lowest BCUT2D eigenvalue weighted by atomic mass is 9.88. The Bertz CT molecular complexity index is 780. The summed E-state index contributed by atoms with van der Waals surface area (Å²) in [4.78, 5) is 25.7. The van der Waals surface area contributed by atoms with E-state index in [0.717, 1.165) is 42.0 Å². The SMILES string of the molecule is CCOc1ccc(C(=O)CSc2ccc(NC(=O)C3CCCCC3)cc2)cc1. The Kier molecular flexibility index (Phi) is 7.54. The first-order chi connectivity index (χ1) is 13.7. The molecule has 2 aromatic carbocycles. The van der Waals surface area contributed by atoms with Crippen LogP contribution in [0.4, 0.5) is 5.69 Å². The van der Waals surface area contributed by atoms with E-state index in [1.165, 1.54) is 18.2 Å². The van der Waals surface area contributed by atoms with E-state index in [-0.39, 0.29) is 17.6 Å². The van der Waals surface area contributed by atoms with Gasteiger partial charge in [0, 0.05) is 22.1 Å². The molecule has 0 radical (unpaired) electrons. The summed E-state index contributed by atoms with van der Waals surface area (Å²) in [5.74, 6) is 1.52. The summed E-state index contributed by atoms with van der Waals surface area (Å²) in [6.07, 6.45) is 5.53. The highest BCUT2D eigenvalue weighted by Crippen LogP contribution is 2.26. The monoisotopic (exact) mass is 397 g/mol. The highest BCUT2D eigenvalue weighted by Gasteiger charge is 2.20. The summed E-state index contributed by atoms with van der Waals surface area (Å²) in [7, 11) is 0. The van der Waals surface area contributed by atoms with Crippen LogP contribution in [0.3, 0.4) is 0 Å². The van der Waals surface area contributed by atoms with E-state index in [2.05, 4.69) is 5.32 Å². The number of benzene rings is 2. The molecule has 4 nitrogen and oxygen atoms in total. The Morgan fingerprint density at radius 3 is 2.32 bits per heavy atom. The van der Waals surface area contributed by atoms with E-state index in [1.54, 1.807) is 12.1 Å². The van der Waals surface area contributed by atoms with E-state index < -0.39 is 0 Å². The molecule has 0 atom stereocenters. The van der Waals surface area contributed by atoms with Gasteiger partial charge < -0.3 is 10.1 Å². The van der Waals surface area contributed by atoms with Gasteiger partial charge in [-0.3, -0.25) is 9.59 Å². The zero-order chi connectivity index (χ0) is 19.8. The third kappa shape index (κ3) is 5.86. The molecular formula is C23H27NO3S. The summed E-state index contributed by atoms with van der Waals surface area (Å²) < 4.78 is 5.40. The lowest BCUT2D eigenvalue weighted by Gasteiger charge is -2.20. The number of Topliss-reactive ketones (excluding diaryl/α,β-unsaturated/α-hetero) is 1. The van der Waals surface area contributed by atoms with Gasteiger partial charge in [-0.05, 0) is 68.3 Å². The first-order valence-electron chi connectivity index (χ1n) is 9.95. The van der Waals surface area contributed by atoms with Gasteiger partial charge in [-0.25, -0.2) is 0 Å². The molecule has 3 rings (SSSR count). The molecule has 148 valence electrons. The number of ether oxygens (including phenoxy) is 1. The topological polar surface area (TPSA) is 55.4 Å². The van der Waals surface area contributed by atoms with Gasteiger partial charge in [0.25, 0.3) is 0 Å². The number of rotatable bonds is 8. The zero-order valence-electron chi connectivity index (χ0n) is 16.3. The van der Waals surface area contributed by atoms with Gasteiger partial charge in [0.05, 0.1) is 12.4 Å². The van der Waals surface area contributed by atoms with Gasteiger partial charge in [-0.15, -0.1) is 11.8 Å². The van der Waals surface area contributed by atoms with Crippen LogP contribution in [0.2, 0.25) is 0 Å². The van der Waals surface area contributed by atoms with Crippen LogP contribution >= 0.6 is 11.8 Å². The third-order valence-corrected chi connectivity index (χ3v) is 5.97. The van der Waals surface area contributed by atoms with Crippen LogP contribution in [0, 0.1) is 5.92 Å². The summed E-state index contributed by atoms with van der Waals surface area (Å²) in [6, 6.07) is 15.0. The van der Waals surface area contributed by atoms with Crippen molar-refractivity contribution in [3.05, 3.63) is 54.1 Å². The Balaban J connectivity index is 1.48. The molecule has 1 aliphatic carbocycles. The highest BCUT2D eigenvalue weighted by atomic mass is 32.2. The van der Waals surface area contributed by atoms with Crippen molar-refractivity contribution in [3.63, 3.8) is 0 Å². The van der Waals surface area contributed by atoms with Crippen LogP contribution in [0.5, 0.6) is 5.75 Å². The maximum atomic E-state index is 12.4. The van der Waals surface area contributed by atoms with Gasteiger partial charge >= 0.3 is 0 Å². The number of ketones is 1. The zero-order valence-corrected chi connectivity index (χ0v) is 17.1. The lowest BCUT2D eigenvalue weighted by molar-refractivity contribution is -0.120. The van der Waals surface area contributed by atoms with E-state index >= 15 is 0 Å². The van der Waals surface area contributed by atoms with Crippen LogP contribution in [0.15, 0.2) is 53.4 Å². The molecular weight excluding hydrogens is 370 g/mol. The van der Waals surface area contributed by atoms with Gasteiger partial charge in [-0.2, -0.15) is 0 Å². The van der Waals surface area contributed by atoms with Crippen molar-refractivity contribution < 1.29 is 14.3 Å². The average Bonchev–Trinajstić information content (AvgIpc) is 2.74. The maximum Gasteiger partial charge on any atom is 0.227 e. The van der Waals surface area contributed by atoms with Crippen LogP contribution < -0.4 is 10.1 Å². The van der Waals surface area contributed by atoms with Gasteiger partial charge in [0.15, 0.2) is 5.78 Å². The van der Waals surface area contributed by atoms with E-state index in [4.69, 9.17) is 4.74 Å². The van der Waals surface area contributed by atoms with Gasteiger partial charge in [0.2, 0.25) is 5.91 Å². The molecule has 1 N–H and O–H groups in total. The first-order valence-corrected chi connectivity index (χ1v) is 10.9. The maximum absolute atomic E-state index is 12.4. The number of nitrogens with one attached hydrogen (secondary N) is 1. The number of hydrogen-bond donors (Lipinski definition) is 1. The van der Waals surface area contributed by atoms with Crippen LogP contribution in [0.1, 0.15) is 49.4 Å². The fourth-order valence-electron chi connectivity index (χ4n) is 3.38. The molecule has 0 spiro atoms. The fourth-order valence-corrected chi connectivity index (χ4v) is 4.17. The van der Waals surface area contributed by atoms with Crippen LogP contribution in [-0.4, -0.2) is 24.1 Å². The molecule has 0 bridgehead atoms. The van der Waals surface area contributed by atoms with Crippen molar-refractivity contribution in [2.45, 2.75) is 43.9 Å². The van der Waals surface area contributed by atoms with Gasteiger partial charge in [0.1, 0.15) is 5.75 Å². The molecule has 2 aromatic rings. The third-order valence-electron chi connectivity index (χ3n) is 4.96. The number of amides is 1. The van der Waals surface area contributed by atoms with Crippen molar-refractivity contribution in [2.24, 2.45) is 5.92 Å². The average molecular weight is 398 g/mol. The molecule has 1 aliphatic rings. The molecule has 1 fully saturated rings. The number of carbonyl (C=O) groups is 2. The fraction of sp³-hybridized carbons (Fsp3) is 0.391. The van der Waals surface area contributed by atoms with Crippen LogP contribution in [0.25, 0.3) is 0 Å². The van der Waals surface area contributed by atoms with Crippen molar-refractivity contribution in [1.82, 2.24) is 0 Å². The minimum absolute atomic E-state index is 0.0859. The molecule has 5 heteroatoms. The Morgan fingerprint density at radius 1 is 1.00 bits per heavy atom.